The van der Waals surface area contributed by atoms with Crippen LogP contribution in [0.5, 0.6) is 0 Å². The Balaban J connectivity index is 3.59. The summed E-state index contributed by atoms with van der Waals surface area (Å²) in [5.74, 6) is -1.07. The molecule has 1 unspecified atom stereocenters. The van der Waals surface area contributed by atoms with Gasteiger partial charge in [-0.25, -0.2) is 0 Å². The molecule has 0 bridgehead atoms. The molecule has 0 radical (unpaired) electrons. The molecule has 0 rings (SSSR count). The Morgan fingerprint density at radius 1 is 1.33 bits per heavy atom. The lowest BCUT2D eigenvalue weighted by molar-refractivity contribution is 0.430. The van der Waals surface area contributed by atoms with Crippen LogP contribution in [0.4, 0.5) is 12.9 Å². The summed E-state index contributed by atoms with van der Waals surface area (Å²) in [6.07, 6.45) is 0.881. The maximum absolute atomic E-state index is 11.7. The van der Waals surface area contributed by atoms with Gasteiger partial charge in [-0.3, -0.25) is 0 Å². The van der Waals surface area contributed by atoms with Crippen LogP contribution in [0.3, 0.4) is 0 Å². The largest absolute Gasteiger partial charge is 0.481 e. The van der Waals surface area contributed by atoms with Gasteiger partial charge in [-0.1, -0.05) is 32.5 Å². The Morgan fingerprint density at radius 3 is 1.89 bits per heavy atom. The summed E-state index contributed by atoms with van der Waals surface area (Å²) in [6.45, 7) is -1.57. The Morgan fingerprint density at radius 2 is 1.78 bits per heavy atom. The molecule has 9 heavy (non-hydrogen) atoms. The van der Waals surface area contributed by atoms with E-state index < -0.39 is 12.8 Å². The van der Waals surface area contributed by atoms with E-state index in [2.05, 4.69) is 0 Å². The predicted molar refractivity (Wildman–Crippen MR) is 33.4 cm³/mol. The monoisotopic (exact) mass is 139 g/mol. The summed E-state index contributed by atoms with van der Waals surface area (Å²) in [5, 5.41) is 0. The lowest BCUT2D eigenvalue weighted by Gasteiger charge is -2.21. The van der Waals surface area contributed by atoms with E-state index in [0.717, 1.165) is 0 Å². The minimum Gasteiger partial charge on any atom is -0.449 e. The number of hydrogen-bond acceptors (Lipinski definition) is 0. The van der Waals surface area contributed by atoms with Gasteiger partial charge < -0.3 is 12.9 Å². The summed E-state index contributed by atoms with van der Waals surface area (Å²) in [6, 6.07) is 0. The zero-order valence-corrected chi connectivity index (χ0v) is 5.70. The molecule has 0 fully saturated rings. The topological polar surface area (TPSA) is 0 Å². The lowest BCUT2D eigenvalue weighted by atomic mass is 9.72. The molecule has 0 aliphatic rings. The lowest BCUT2D eigenvalue weighted by Crippen LogP contribution is -2.21. The molecule has 0 N–H and O–H groups in total. The van der Waals surface area contributed by atoms with Crippen LogP contribution in [0.1, 0.15) is 26.7 Å². The van der Waals surface area contributed by atoms with Crippen molar-refractivity contribution in [2.75, 3.05) is 0 Å². The van der Waals surface area contributed by atoms with Gasteiger partial charge in [0.25, 0.3) is 0 Å². The smallest absolute Gasteiger partial charge is 0.449 e. The zero-order chi connectivity index (χ0) is 7.49. The molecule has 0 nitrogen and oxygen atoms in total. The van der Waals surface area contributed by atoms with Crippen LogP contribution in [-0.4, -0.2) is 6.98 Å². The molecule has 0 heterocycles. The Labute approximate surface area is 53.5 Å². The maximum Gasteiger partial charge on any atom is 0.481 e. The first-order valence-electron chi connectivity index (χ1n) is 3.18. The van der Waals surface area contributed by atoms with Gasteiger partial charge >= 0.3 is 6.98 Å². The van der Waals surface area contributed by atoms with Crippen LogP contribution in [0.25, 0.3) is 0 Å². The van der Waals surface area contributed by atoms with Gasteiger partial charge in [0.15, 0.2) is 0 Å². The predicted octanol–water partition coefficient (Wildman–Crippen LogP) is 3.02. The van der Waals surface area contributed by atoms with Gasteiger partial charge in [0, 0.05) is 0 Å². The Kier molecular flexibility index (Phi) is 3.08. The van der Waals surface area contributed by atoms with Crippen LogP contribution in [-0.2, 0) is 0 Å². The first-order chi connectivity index (χ1) is 3.98. The van der Waals surface area contributed by atoms with E-state index in [1.54, 1.807) is 6.92 Å². The van der Waals surface area contributed by atoms with E-state index in [1.165, 1.54) is 6.92 Å². The molecule has 0 spiro atoms. The van der Waals surface area contributed by atoms with E-state index in [0.29, 0.717) is 6.42 Å². The van der Waals surface area contributed by atoms with Crippen molar-refractivity contribution < 1.29 is 12.9 Å². The molecule has 56 valence electrons. The van der Waals surface area contributed by atoms with Gasteiger partial charge in [0.05, 0.1) is 0 Å². The highest BCUT2D eigenvalue weighted by atomic mass is 19.4. The van der Waals surface area contributed by atoms with Gasteiger partial charge in [0.1, 0.15) is 0 Å². The Bertz CT molecular complexity index is 78.8. The normalized spacial score (nSPS) is 15.7. The molecule has 0 aromatic heterocycles. The number of halogens is 3. The molecular formula is C5H11BF3-. The van der Waals surface area contributed by atoms with Crippen molar-refractivity contribution in [3.8, 4) is 0 Å². The molecule has 0 amide bonds. The van der Waals surface area contributed by atoms with E-state index >= 15 is 0 Å². The van der Waals surface area contributed by atoms with Crippen molar-refractivity contribution in [2.45, 2.75) is 32.5 Å². The van der Waals surface area contributed by atoms with Crippen molar-refractivity contribution in [3.63, 3.8) is 0 Å². The summed E-state index contributed by atoms with van der Waals surface area (Å²) in [5.41, 5.74) is 0. The van der Waals surface area contributed by atoms with E-state index in [-0.39, 0.29) is 6.42 Å². The second kappa shape index (κ2) is 3.13. The second-order valence-electron chi connectivity index (χ2n) is 2.39. The van der Waals surface area contributed by atoms with Crippen LogP contribution >= 0.6 is 0 Å². The third kappa shape index (κ3) is 3.43. The van der Waals surface area contributed by atoms with Crippen molar-refractivity contribution in [1.29, 1.82) is 0 Å². The maximum atomic E-state index is 11.7. The van der Waals surface area contributed by atoms with E-state index in [9.17, 15) is 12.9 Å². The molecule has 0 aliphatic heterocycles. The molecule has 0 saturated carbocycles. The van der Waals surface area contributed by atoms with Crippen LogP contribution in [0, 0.1) is 0 Å². The number of rotatable bonds is 3. The van der Waals surface area contributed by atoms with Gasteiger partial charge in [-0.05, 0) is 0 Å². The quantitative estimate of drug-likeness (QED) is 0.527. The van der Waals surface area contributed by atoms with Crippen LogP contribution in [0.2, 0.25) is 5.82 Å². The highest BCUT2D eigenvalue weighted by Gasteiger charge is 2.29. The zero-order valence-electron chi connectivity index (χ0n) is 5.70. The van der Waals surface area contributed by atoms with Crippen molar-refractivity contribution in [3.05, 3.63) is 0 Å². The number of hydrogen-bond donors (Lipinski definition) is 0. The summed E-state index contributed by atoms with van der Waals surface area (Å²) in [4.78, 5) is 0. The third-order valence-corrected chi connectivity index (χ3v) is 1.39. The van der Waals surface area contributed by atoms with E-state index in [4.69, 9.17) is 0 Å². The van der Waals surface area contributed by atoms with Crippen molar-refractivity contribution in [2.24, 2.45) is 0 Å². The average Bonchev–Trinajstić information content (AvgIpc) is 1.64. The first kappa shape index (κ1) is 8.85. The fourth-order valence-corrected chi connectivity index (χ4v) is 0.644. The molecule has 0 aromatic carbocycles. The average molecular weight is 139 g/mol. The highest BCUT2D eigenvalue weighted by molar-refractivity contribution is 6.60. The summed E-state index contributed by atoms with van der Waals surface area (Å²) < 4.78 is 35.1. The fourth-order valence-electron chi connectivity index (χ4n) is 0.644. The van der Waals surface area contributed by atoms with Gasteiger partial charge in [0.2, 0.25) is 0 Å². The molecule has 0 aliphatic carbocycles. The minimum atomic E-state index is -4.57. The molecule has 0 saturated heterocycles. The van der Waals surface area contributed by atoms with E-state index in [1.807, 2.05) is 0 Å². The molecule has 4 heteroatoms. The van der Waals surface area contributed by atoms with Crippen molar-refractivity contribution >= 4 is 6.98 Å². The first-order valence-corrected chi connectivity index (χ1v) is 3.18. The minimum absolute atomic E-state index is 0.267. The van der Waals surface area contributed by atoms with Crippen LogP contribution in [0.15, 0.2) is 0 Å². The molecule has 1 atom stereocenters. The summed E-state index contributed by atoms with van der Waals surface area (Å²) in [7, 11) is 0. The third-order valence-electron chi connectivity index (χ3n) is 1.39. The molecular weight excluding hydrogens is 128 g/mol. The van der Waals surface area contributed by atoms with Crippen molar-refractivity contribution in [1.82, 2.24) is 0 Å². The Hall–Kier alpha value is -0.145. The standard InChI is InChI=1S/C5H11BF3/c1-3-4-5(2)6(7,8)9/h5H,3-4H2,1-2H3/q-1. The van der Waals surface area contributed by atoms with Crippen LogP contribution < -0.4 is 0 Å². The second-order valence-corrected chi connectivity index (χ2v) is 2.39. The highest BCUT2D eigenvalue weighted by Crippen LogP contribution is 2.29. The van der Waals surface area contributed by atoms with Gasteiger partial charge in [-0.15, -0.1) is 0 Å². The molecule has 0 aromatic rings. The SMILES string of the molecule is CCCC(C)[B-](F)(F)F. The summed E-state index contributed by atoms with van der Waals surface area (Å²) >= 11 is 0. The van der Waals surface area contributed by atoms with Gasteiger partial charge in [-0.2, -0.15) is 0 Å². The fraction of sp³-hybridized carbons (Fsp3) is 1.00.